The number of carbonyl (C=O) groups is 1. The van der Waals surface area contributed by atoms with E-state index in [0.29, 0.717) is 12.5 Å². The van der Waals surface area contributed by atoms with Gasteiger partial charge in [-0.2, -0.15) is 0 Å². The van der Waals surface area contributed by atoms with Crippen LogP contribution in [-0.2, 0) is 4.79 Å². The first-order valence-electron chi connectivity index (χ1n) is 7.77. The molecule has 0 saturated heterocycles. The molecular weight excluding hydrogens is 238 g/mol. The van der Waals surface area contributed by atoms with Gasteiger partial charge in [-0.25, -0.2) is 0 Å². The van der Waals surface area contributed by atoms with Gasteiger partial charge in [0.15, 0.2) is 0 Å². The van der Waals surface area contributed by atoms with Crippen molar-refractivity contribution in [1.29, 1.82) is 0 Å². The van der Waals surface area contributed by atoms with Crippen molar-refractivity contribution >= 4 is 5.91 Å². The molecule has 1 amide bonds. The van der Waals surface area contributed by atoms with Gasteiger partial charge in [-0.15, -0.1) is 0 Å². The largest absolute Gasteiger partial charge is 0.392 e. The van der Waals surface area contributed by atoms with E-state index in [1.807, 2.05) is 27.7 Å². The van der Waals surface area contributed by atoms with Gasteiger partial charge in [-0.05, 0) is 37.0 Å². The van der Waals surface area contributed by atoms with Crippen LogP contribution < -0.4 is 5.32 Å². The Bertz CT molecular complexity index is 338. The highest BCUT2D eigenvalue weighted by Crippen LogP contribution is 2.48. The van der Waals surface area contributed by atoms with Crippen molar-refractivity contribution in [3.63, 3.8) is 0 Å². The fraction of sp³-hybridized carbons (Fsp3) is 0.938. The molecule has 3 heteroatoms. The summed E-state index contributed by atoms with van der Waals surface area (Å²) in [5, 5.41) is 13.3. The molecule has 0 aromatic carbocycles. The molecule has 0 aromatic rings. The maximum absolute atomic E-state index is 12.3. The summed E-state index contributed by atoms with van der Waals surface area (Å²) in [6.07, 6.45) is 4.53. The van der Waals surface area contributed by atoms with Gasteiger partial charge in [0.25, 0.3) is 0 Å². The number of hydrogen-bond acceptors (Lipinski definition) is 2. The molecule has 0 heterocycles. The first-order valence-corrected chi connectivity index (χ1v) is 7.77. The lowest BCUT2D eigenvalue weighted by atomic mass is 9.80. The predicted molar refractivity (Wildman–Crippen MR) is 76.6 cm³/mol. The minimum Gasteiger partial charge on any atom is -0.392 e. The van der Waals surface area contributed by atoms with Gasteiger partial charge in [0.1, 0.15) is 0 Å². The quantitative estimate of drug-likeness (QED) is 0.804. The van der Waals surface area contributed by atoms with E-state index in [4.69, 9.17) is 0 Å². The van der Waals surface area contributed by atoms with Crippen LogP contribution in [0.3, 0.4) is 0 Å². The van der Waals surface area contributed by atoms with Crippen molar-refractivity contribution < 1.29 is 9.90 Å². The highest BCUT2D eigenvalue weighted by Gasteiger charge is 2.43. The lowest BCUT2D eigenvalue weighted by Crippen LogP contribution is -2.45. The lowest BCUT2D eigenvalue weighted by molar-refractivity contribution is -0.127. The number of amides is 1. The Morgan fingerprint density at radius 2 is 2.00 bits per heavy atom. The molecular formula is C16H29NO2. The molecule has 2 N–H and O–H groups in total. The molecule has 2 saturated carbocycles. The molecule has 4 unspecified atom stereocenters. The number of nitrogens with one attached hydrogen (secondary N) is 1. The zero-order valence-corrected chi connectivity index (χ0v) is 12.8. The predicted octanol–water partition coefficient (Wildman–Crippen LogP) is 2.58. The maximum atomic E-state index is 12.3. The molecule has 0 radical (unpaired) electrons. The Hall–Kier alpha value is -0.570. The average Bonchev–Trinajstić information content (AvgIpc) is 2.97. The van der Waals surface area contributed by atoms with E-state index in [0.717, 1.165) is 12.3 Å². The van der Waals surface area contributed by atoms with Gasteiger partial charge in [-0.1, -0.05) is 34.1 Å². The number of aliphatic hydroxyl groups is 1. The first-order chi connectivity index (χ1) is 8.81. The molecule has 2 aliphatic rings. The van der Waals surface area contributed by atoms with E-state index in [1.54, 1.807) is 0 Å². The van der Waals surface area contributed by atoms with Crippen LogP contribution >= 0.6 is 0 Å². The standard InChI is InChI=1S/C16H29NO2/c1-10(2)14(18)16(3,4)9-17-15(19)13-8-11-5-6-12(13)7-11/h10-14,18H,5-9H2,1-4H3,(H,17,19). The molecule has 0 aromatic heterocycles. The summed E-state index contributed by atoms with van der Waals surface area (Å²) in [5.74, 6) is 2.11. The molecule has 2 bridgehead atoms. The molecule has 110 valence electrons. The normalized spacial score (nSPS) is 31.8. The van der Waals surface area contributed by atoms with Crippen molar-refractivity contribution in [3.8, 4) is 0 Å². The topological polar surface area (TPSA) is 49.3 Å². The van der Waals surface area contributed by atoms with E-state index >= 15 is 0 Å². The minimum absolute atomic E-state index is 0.217. The smallest absolute Gasteiger partial charge is 0.223 e. The van der Waals surface area contributed by atoms with E-state index in [2.05, 4.69) is 5.32 Å². The van der Waals surface area contributed by atoms with Crippen molar-refractivity contribution in [1.82, 2.24) is 5.32 Å². The molecule has 3 nitrogen and oxygen atoms in total. The number of carbonyl (C=O) groups excluding carboxylic acids is 1. The third kappa shape index (κ3) is 3.13. The van der Waals surface area contributed by atoms with Gasteiger partial charge in [-0.3, -0.25) is 4.79 Å². The second-order valence-corrected chi connectivity index (χ2v) is 7.68. The maximum Gasteiger partial charge on any atom is 0.223 e. The Morgan fingerprint density at radius 3 is 2.47 bits per heavy atom. The molecule has 19 heavy (non-hydrogen) atoms. The Labute approximate surface area is 117 Å². The third-order valence-electron chi connectivity index (χ3n) is 5.23. The van der Waals surface area contributed by atoms with Gasteiger partial charge >= 0.3 is 0 Å². The van der Waals surface area contributed by atoms with Gasteiger partial charge in [0.2, 0.25) is 5.91 Å². The number of fused-ring (bicyclic) bond motifs is 2. The average molecular weight is 267 g/mol. The second kappa shape index (κ2) is 5.43. The molecule has 2 fully saturated rings. The van der Waals surface area contributed by atoms with Gasteiger partial charge in [0, 0.05) is 17.9 Å². The van der Waals surface area contributed by atoms with E-state index in [9.17, 15) is 9.90 Å². The van der Waals surface area contributed by atoms with Crippen molar-refractivity contribution in [2.45, 2.75) is 59.5 Å². The van der Waals surface area contributed by atoms with E-state index in [-0.39, 0.29) is 29.3 Å². The zero-order chi connectivity index (χ0) is 14.2. The Balaban J connectivity index is 1.83. The highest BCUT2D eigenvalue weighted by atomic mass is 16.3. The summed E-state index contributed by atoms with van der Waals surface area (Å²) in [5.41, 5.74) is -0.262. The van der Waals surface area contributed by atoms with Gasteiger partial charge in [0.05, 0.1) is 6.10 Å². The molecule has 4 atom stereocenters. The fourth-order valence-corrected chi connectivity index (χ4v) is 4.02. The van der Waals surface area contributed by atoms with Crippen LogP contribution in [0.2, 0.25) is 0 Å². The minimum atomic E-state index is -0.382. The lowest BCUT2D eigenvalue weighted by Gasteiger charge is -2.34. The number of aliphatic hydroxyl groups excluding tert-OH is 1. The SMILES string of the molecule is CC(C)C(O)C(C)(C)CNC(=O)C1CC2CCC1C2. The van der Waals surface area contributed by atoms with Crippen LogP contribution in [-0.4, -0.2) is 23.7 Å². The zero-order valence-electron chi connectivity index (χ0n) is 12.8. The van der Waals surface area contributed by atoms with E-state index in [1.165, 1.54) is 19.3 Å². The number of rotatable bonds is 5. The van der Waals surface area contributed by atoms with Crippen LogP contribution in [0.15, 0.2) is 0 Å². The number of hydrogen-bond donors (Lipinski definition) is 2. The van der Waals surface area contributed by atoms with Crippen molar-refractivity contribution in [3.05, 3.63) is 0 Å². The molecule has 0 spiro atoms. The monoisotopic (exact) mass is 267 g/mol. The van der Waals surface area contributed by atoms with Crippen molar-refractivity contribution in [2.24, 2.45) is 29.1 Å². The summed E-state index contributed by atoms with van der Waals surface area (Å²) >= 11 is 0. The van der Waals surface area contributed by atoms with Gasteiger partial charge < -0.3 is 10.4 Å². The fourth-order valence-electron chi connectivity index (χ4n) is 4.02. The molecule has 2 aliphatic carbocycles. The van der Waals surface area contributed by atoms with E-state index < -0.39 is 0 Å². The Kier molecular flexibility index (Phi) is 4.24. The van der Waals surface area contributed by atoms with Crippen LogP contribution in [0.5, 0.6) is 0 Å². The summed E-state index contributed by atoms with van der Waals surface area (Å²) < 4.78 is 0. The Morgan fingerprint density at radius 1 is 1.32 bits per heavy atom. The third-order valence-corrected chi connectivity index (χ3v) is 5.23. The first kappa shape index (κ1) is 14.8. The highest BCUT2D eigenvalue weighted by molar-refractivity contribution is 5.79. The van der Waals surface area contributed by atoms with Crippen molar-refractivity contribution in [2.75, 3.05) is 6.54 Å². The summed E-state index contributed by atoms with van der Waals surface area (Å²) in [4.78, 5) is 12.3. The summed E-state index contributed by atoms with van der Waals surface area (Å²) in [6.45, 7) is 8.66. The summed E-state index contributed by atoms with van der Waals surface area (Å²) in [6, 6.07) is 0. The van der Waals surface area contributed by atoms with Crippen LogP contribution in [0, 0.1) is 29.1 Å². The second-order valence-electron chi connectivity index (χ2n) is 7.68. The molecule has 0 aliphatic heterocycles. The van der Waals surface area contributed by atoms with Crippen LogP contribution in [0.25, 0.3) is 0 Å². The summed E-state index contributed by atoms with van der Waals surface area (Å²) in [7, 11) is 0. The van der Waals surface area contributed by atoms with Crippen LogP contribution in [0.1, 0.15) is 53.4 Å². The van der Waals surface area contributed by atoms with Crippen LogP contribution in [0.4, 0.5) is 0 Å². The molecule has 2 rings (SSSR count).